The Balaban J connectivity index is 2.69. The molecule has 0 unspecified atom stereocenters. The van der Waals surface area contributed by atoms with E-state index in [1.807, 2.05) is 38.1 Å². The first kappa shape index (κ1) is 9.52. The molecule has 0 aromatic heterocycles. The minimum Gasteiger partial charge on any atom is -0.359 e. The molecule has 0 aliphatic rings. The van der Waals surface area contributed by atoms with Crippen LogP contribution in [-0.4, -0.2) is 6.29 Å². The van der Waals surface area contributed by atoms with Gasteiger partial charge in [-0.25, -0.2) is 0 Å². The van der Waals surface area contributed by atoms with Crippen molar-refractivity contribution in [1.82, 2.24) is 0 Å². The average Bonchev–Trinajstić information content (AvgIpc) is 2.09. The third-order valence-electron chi connectivity index (χ3n) is 1.71. The quantitative estimate of drug-likeness (QED) is 0.565. The van der Waals surface area contributed by atoms with Gasteiger partial charge in [-0.2, -0.15) is 0 Å². The van der Waals surface area contributed by atoms with E-state index in [1.54, 1.807) is 0 Å². The number of hydrogen-bond acceptors (Lipinski definition) is 2. The largest absolute Gasteiger partial charge is 0.359 e. The molecule has 1 N–H and O–H groups in total. The van der Waals surface area contributed by atoms with Gasteiger partial charge >= 0.3 is 0 Å². The summed E-state index contributed by atoms with van der Waals surface area (Å²) < 4.78 is 0. The number of nitrogens with one attached hydrogen (secondary N) is 1. The van der Waals surface area contributed by atoms with Crippen LogP contribution in [0.4, 0.5) is 5.69 Å². The van der Waals surface area contributed by atoms with E-state index in [-0.39, 0.29) is 0 Å². The highest BCUT2D eigenvalue weighted by atomic mass is 16.1. The van der Waals surface area contributed by atoms with Crippen LogP contribution in [-0.2, 0) is 4.79 Å². The summed E-state index contributed by atoms with van der Waals surface area (Å²) in [7, 11) is 0. The SMILES string of the molecule is C/C(=C/C=O)Nc1ccc(C)cc1. The Bertz CT molecular complexity index is 311. The van der Waals surface area contributed by atoms with Crippen LogP contribution in [0.3, 0.4) is 0 Å². The maximum Gasteiger partial charge on any atom is 0.144 e. The van der Waals surface area contributed by atoms with Crippen molar-refractivity contribution in [3.8, 4) is 0 Å². The summed E-state index contributed by atoms with van der Waals surface area (Å²) in [5, 5.41) is 3.10. The number of allylic oxidation sites excluding steroid dienone is 2. The van der Waals surface area contributed by atoms with Gasteiger partial charge in [0.2, 0.25) is 0 Å². The van der Waals surface area contributed by atoms with Crippen LogP contribution < -0.4 is 5.32 Å². The van der Waals surface area contributed by atoms with E-state index in [0.717, 1.165) is 17.7 Å². The Morgan fingerprint density at radius 2 is 1.92 bits per heavy atom. The smallest absolute Gasteiger partial charge is 0.144 e. The second-order valence-electron chi connectivity index (χ2n) is 2.98. The van der Waals surface area contributed by atoms with Crippen molar-refractivity contribution in [2.24, 2.45) is 0 Å². The van der Waals surface area contributed by atoms with E-state index in [2.05, 4.69) is 5.32 Å². The highest BCUT2D eigenvalue weighted by molar-refractivity contribution is 5.67. The zero-order valence-electron chi connectivity index (χ0n) is 7.87. The lowest BCUT2D eigenvalue weighted by molar-refractivity contribution is -0.104. The molecule has 0 fully saturated rings. The first-order valence-electron chi connectivity index (χ1n) is 4.18. The fourth-order valence-electron chi connectivity index (χ4n) is 1.01. The minimum absolute atomic E-state index is 0.774. The predicted octanol–water partition coefficient (Wildman–Crippen LogP) is 2.51. The lowest BCUT2D eigenvalue weighted by atomic mass is 10.2. The molecule has 1 rings (SSSR count). The maximum absolute atomic E-state index is 10.1. The highest BCUT2D eigenvalue weighted by Gasteiger charge is 1.91. The van der Waals surface area contributed by atoms with E-state index >= 15 is 0 Å². The van der Waals surface area contributed by atoms with Crippen LogP contribution in [0.15, 0.2) is 36.0 Å². The van der Waals surface area contributed by atoms with Gasteiger partial charge in [0.05, 0.1) is 0 Å². The van der Waals surface area contributed by atoms with Crippen LogP contribution in [0.25, 0.3) is 0 Å². The molecule has 0 radical (unpaired) electrons. The highest BCUT2D eigenvalue weighted by Crippen LogP contribution is 2.10. The van der Waals surface area contributed by atoms with Gasteiger partial charge in [0, 0.05) is 11.4 Å². The van der Waals surface area contributed by atoms with Gasteiger partial charge in [0.1, 0.15) is 6.29 Å². The molecule has 0 spiro atoms. The minimum atomic E-state index is 0.774. The summed E-state index contributed by atoms with van der Waals surface area (Å²) in [4.78, 5) is 10.1. The topological polar surface area (TPSA) is 29.1 Å². The molecule has 2 heteroatoms. The van der Waals surface area contributed by atoms with Crippen molar-refractivity contribution in [3.05, 3.63) is 41.6 Å². The number of aryl methyl sites for hydroxylation is 1. The number of carbonyl (C=O) groups excluding carboxylic acids is 1. The number of aldehydes is 1. The Morgan fingerprint density at radius 3 is 2.46 bits per heavy atom. The second-order valence-corrected chi connectivity index (χ2v) is 2.98. The Morgan fingerprint density at radius 1 is 1.31 bits per heavy atom. The van der Waals surface area contributed by atoms with Crippen LogP contribution in [0.5, 0.6) is 0 Å². The van der Waals surface area contributed by atoms with Crippen molar-refractivity contribution in [2.45, 2.75) is 13.8 Å². The van der Waals surface area contributed by atoms with Gasteiger partial charge in [0.25, 0.3) is 0 Å². The zero-order chi connectivity index (χ0) is 9.68. The number of anilines is 1. The van der Waals surface area contributed by atoms with E-state index in [1.165, 1.54) is 11.6 Å². The summed E-state index contributed by atoms with van der Waals surface area (Å²) in [6.07, 6.45) is 2.27. The summed E-state index contributed by atoms with van der Waals surface area (Å²) in [6.45, 7) is 3.89. The van der Waals surface area contributed by atoms with Crippen LogP contribution in [0, 0.1) is 6.92 Å². The van der Waals surface area contributed by atoms with Crippen molar-refractivity contribution < 1.29 is 4.79 Å². The molecule has 0 heterocycles. The van der Waals surface area contributed by atoms with E-state index in [0.29, 0.717) is 0 Å². The van der Waals surface area contributed by atoms with Gasteiger partial charge in [-0.15, -0.1) is 0 Å². The number of carbonyl (C=O) groups is 1. The molecule has 0 saturated carbocycles. The predicted molar refractivity (Wildman–Crippen MR) is 54.6 cm³/mol. The average molecular weight is 175 g/mol. The number of hydrogen-bond donors (Lipinski definition) is 1. The number of rotatable bonds is 3. The summed E-state index contributed by atoms with van der Waals surface area (Å²) in [5.74, 6) is 0. The van der Waals surface area contributed by atoms with E-state index < -0.39 is 0 Å². The molecule has 1 aromatic carbocycles. The van der Waals surface area contributed by atoms with Crippen molar-refractivity contribution in [2.75, 3.05) is 5.32 Å². The van der Waals surface area contributed by atoms with Crippen LogP contribution in [0.2, 0.25) is 0 Å². The third kappa shape index (κ3) is 3.11. The standard InChI is InChI=1S/C11H13NO/c1-9-3-5-11(6-4-9)12-10(2)7-8-13/h3-8,12H,1-2H3/b10-7-. The van der Waals surface area contributed by atoms with Crippen LogP contribution in [0.1, 0.15) is 12.5 Å². The molecular weight excluding hydrogens is 162 g/mol. The summed E-state index contributed by atoms with van der Waals surface area (Å²) >= 11 is 0. The lowest BCUT2D eigenvalue weighted by Crippen LogP contribution is -1.95. The first-order valence-corrected chi connectivity index (χ1v) is 4.18. The van der Waals surface area contributed by atoms with Crippen molar-refractivity contribution in [3.63, 3.8) is 0 Å². The Kier molecular flexibility index (Phi) is 3.26. The van der Waals surface area contributed by atoms with E-state index in [4.69, 9.17) is 0 Å². The second kappa shape index (κ2) is 4.45. The van der Waals surface area contributed by atoms with Gasteiger partial charge < -0.3 is 5.32 Å². The molecule has 0 amide bonds. The molecule has 2 nitrogen and oxygen atoms in total. The number of benzene rings is 1. The molecule has 68 valence electrons. The fraction of sp³-hybridized carbons (Fsp3) is 0.182. The molecule has 0 aliphatic heterocycles. The molecule has 0 aliphatic carbocycles. The molecule has 0 atom stereocenters. The van der Waals surface area contributed by atoms with Gasteiger partial charge in [-0.3, -0.25) is 4.79 Å². The third-order valence-corrected chi connectivity index (χ3v) is 1.71. The summed E-state index contributed by atoms with van der Waals surface area (Å²) in [5.41, 5.74) is 3.07. The lowest BCUT2D eigenvalue weighted by Gasteiger charge is -2.05. The Hall–Kier alpha value is -1.57. The molecule has 1 aromatic rings. The Labute approximate surface area is 78.3 Å². The van der Waals surface area contributed by atoms with Crippen LogP contribution >= 0.6 is 0 Å². The zero-order valence-corrected chi connectivity index (χ0v) is 7.87. The van der Waals surface area contributed by atoms with Gasteiger partial charge in [-0.05, 0) is 32.1 Å². The molecule has 0 bridgehead atoms. The van der Waals surface area contributed by atoms with Crippen molar-refractivity contribution >= 4 is 12.0 Å². The van der Waals surface area contributed by atoms with Gasteiger partial charge in [0.15, 0.2) is 0 Å². The molecular formula is C11H13NO. The first-order chi connectivity index (χ1) is 6.22. The fourth-order valence-corrected chi connectivity index (χ4v) is 1.01. The van der Waals surface area contributed by atoms with Gasteiger partial charge in [-0.1, -0.05) is 17.7 Å². The summed E-state index contributed by atoms with van der Waals surface area (Å²) in [6, 6.07) is 8.02. The molecule has 13 heavy (non-hydrogen) atoms. The monoisotopic (exact) mass is 175 g/mol. The van der Waals surface area contributed by atoms with Crippen molar-refractivity contribution in [1.29, 1.82) is 0 Å². The van der Waals surface area contributed by atoms with E-state index in [9.17, 15) is 4.79 Å². The molecule has 0 saturated heterocycles. The maximum atomic E-state index is 10.1. The normalized spacial score (nSPS) is 11.1.